The number of benzene rings is 3. The predicted octanol–water partition coefficient (Wildman–Crippen LogP) is 6.77. The van der Waals surface area contributed by atoms with Crippen molar-refractivity contribution in [3.05, 3.63) is 82.9 Å². The van der Waals surface area contributed by atoms with E-state index in [1.165, 1.54) is 12.1 Å². The van der Waals surface area contributed by atoms with Crippen LogP contribution in [0, 0.1) is 5.82 Å². The van der Waals surface area contributed by atoms with Crippen molar-refractivity contribution in [1.82, 2.24) is 9.88 Å². The van der Waals surface area contributed by atoms with Gasteiger partial charge < -0.3 is 14.6 Å². The molecule has 5 rings (SSSR count). The number of para-hydroxylation sites is 1. The second-order valence-electron chi connectivity index (χ2n) is 7.50. The van der Waals surface area contributed by atoms with Crippen LogP contribution < -0.4 is 5.32 Å². The molecule has 2 heterocycles. The molecular weight excluding hydrogens is 461 g/mol. The van der Waals surface area contributed by atoms with Crippen molar-refractivity contribution in [1.29, 1.82) is 0 Å². The van der Waals surface area contributed by atoms with Crippen LogP contribution in [0.25, 0.3) is 22.2 Å². The van der Waals surface area contributed by atoms with Crippen LogP contribution in [0.5, 0.6) is 0 Å². The Balaban J connectivity index is 1.40. The van der Waals surface area contributed by atoms with Gasteiger partial charge in [-0.2, -0.15) is 0 Å². The number of nitrogens with zero attached hydrogens (tertiary/aromatic N) is 2. The second kappa shape index (κ2) is 8.15. The quantitative estimate of drug-likeness (QED) is 0.352. The van der Waals surface area contributed by atoms with Crippen LogP contribution in [0.1, 0.15) is 24.8 Å². The molecule has 1 fully saturated rings. The molecule has 2 amide bonds. The molecule has 0 spiro atoms. The summed E-state index contributed by atoms with van der Waals surface area (Å²) in [6.45, 7) is 0.639. The molecule has 1 N–H and O–H groups in total. The Bertz CT molecular complexity index is 1260. The third-order valence-electron chi connectivity index (χ3n) is 5.50. The van der Waals surface area contributed by atoms with Crippen LogP contribution in [0.15, 0.2) is 75.6 Å². The van der Waals surface area contributed by atoms with Gasteiger partial charge in [0.1, 0.15) is 17.4 Å². The van der Waals surface area contributed by atoms with Gasteiger partial charge in [0.05, 0.1) is 5.69 Å². The standard InChI is InChI=1S/C24H19BrFN3O2/c25-18-4-1-2-5-19(18)28-24(30)29-13-3-6-21(29)23-27-20-14-16(9-12-22(20)31-23)15-7-10-17(26)11-8-15/h1-2,4-5,7-12,14,21H,3,6,13H2,(H,28,30)/t21-/m0/s1. The third-order valence-corrected chi connectivity index (χ3v) is 6.19. The summed E-state index contributed by atoms with van der Waals surface area (Å²) >= 11 is 3.46. The molecule has 4 aromatic rings. The van der Waals surface area contributed by atoms with Crippen molar-refractivity contribution in [3.8, 4) is 11.1 Å². The lowest BCUT2D eigenvalue weighted by atomic mass is 10.1. The number of amides is 2. The maximum Gasteiger partial charge on any atom is 0.322 e. The van der Waals surface area contributed by atoms with Crippen molar-refractivity contribution < 1.29 is 13.6 Å². The average molecular weight is 480 g/mol. The zero-order chi connectivity index (χ0) is 21.4. The molecule has 31 heavy (non-hydrogen) atoms. The van der Waals surface area contributed by atoms with Gasteiger partial charge in [0.25, 0.3) is 0 Å². The van der Waals surface area contributed by atoms with Gasteiger partial charge in [-0.05, 0) is 76.3 Å². The lowest BCUT2D eigenvalue weighted by molar-refractivity contribution is 0.199. The number of aromatic nitrogens is 1. The first-order chi connectivity index (χ1) is 15.1. The fourth-order valence-electron chi connectivity index (χ4n) is 3.93. The number of hydrogen-bond donors (Lipinski definition) is 1. The second-order valence-corrected chi connectivity index (χ2v) is 8.36. The van der Waals surface area contributed by atoms with Crippen LogP contribution in [0.2, 0.25) is 0 Å². The summed E-state index contributed by atoms with van der Waals surface area (Å²) in [5, 5.41) is 2.96. The summed E-state index contributed by atoms with van der Waals surface area (Å²) in [6.07, 6.45) is 1.68. The van der Waals surface area contributed by atoms with Crippen LogP contribution in [-0.2, 0) is 0 Å². The number of urea groups is 1. The van der Waals surface area contributed by atoms with Crippen molar-refractivity contribution in [2.24, 2.45) is 0 Å². The maximum absolute atomic E-state index is 13.2. The Kier molecular flexibility index (Phi) is 5.19. The molecule has 0 unspecified atom stereocenters. The van der Waals surface area contributed by atoms with E-state index in [1.807, 2.05) is 42.5 Å². The van der Waals surface area contributed by atoms with Crippen LogP contribution in [0.3, 0.4) is 0 Å². The number of carbonyl (C=O) groups excluding carboxylic acids is 1. The monoisotopic (exact) mass is 479 g/mol. The van der Waals surface area contributed by atoms with Gasteiger partial charge in [-0.25, -0.2) is 14.2 Å². The lowest BCUT2D eigenvalue weighted by Crippen LogP contribution is -2.34. The van der Waals surface area contributed by atoms with E-state index in [9.17, 15) is 9.18 Å². The van der Waals surface area contributed by atoms with Crippen LogP contribution >= 0.6 is 15.9 Å². The summed E-state index contributed by atoms with van der Waals surface area (Å²) in [6, 6.07) is 19.2. The highest BCUT2D eigenvalue weighted by Gasteiger charge is 2.33. The first kappa shape index (κ1) is 19.8. The van der Waals surface area contributed by atoms with Crippen molar-refractivity contribution in [2.45, 2.75) is 18.9 Å². The molecule has 1 aliphatic rings. The Morgan fingerprint density at radius 1 is 1.10 bits per heavy atom. The molecule has 1 atom stereocenters. The number of fused-ring (bicyclic) bond motifs is 1. The summed E-state index contributed by atoms with van der Waals surface area (Å²) in [5.74, 6) is 0.265. The number of nitrogens with one attached hydrogen (secondary N) is 1. The molecule has 1 saturated heterocycles. The number of likely N-dealkylation sites (tertiary alicyclic amines) is 1. The first-order valence-electron chi connectivity index (χ1n) is 10.1. The normalized spacial score (nSPS) is 16.1. The molecule has 1 aromatic heterocycles. The minimum absolute atomic E-state index is 0.177. The van der Waals surface area contributed by atoms with Gasteiger partial charge in [0.2, 0.25) is 5.89 Å². The number of carbonyl (C=O) groups is 1. The van der Waals surface area contributed by atoms with Gasteiger partial charge in [-0.3, -0.25) is 0 Å². The van der Waals surface area contributed by atoms with Gasteiger partial charge in [0, 0.05) is 11.0 Å². The smallest absolute Gasteiger partial charge is 0.322 e. The van der Waals surface area contributed by atoms with E-state index in [4.69, 9.17) is 4.42 Å². The van der Waals surface area contributed by atoms with Gasteiger partial charge in [-0.15, -0.1) is 0 Å². The number of anilines is 1. The van der Waals surface area contributed by atoms with Gasteiger partial charge in [0.15, 0.2) is 5.58 Å². The van der Waals surface area contributed by atoms with Crippen LogP contribution in [-0.4, -0.2) is 22.5 Å². The Labute approximate surface area is 187 Å². The fourth-order valence-corrected chi connectivity index (χ4v) is 4.31. The molecule has 1 aliphatic heterocycles. The number of halogens is 2. The lowest BCUT2D eigenvalue weighted by Gasteiger charge is -2.23. The summed E-state index contributed by atoms with van der Waals surface area (Å²) in [7, 11) is 0. The molecule has 0 radical (unpaired) electrons. The number of hydrogen-bond acceptors (Lipinski definition) is 3. The number of oxazole rings is 1. The molecular formula is C24H19BrFN3O2. The molecule has 3 aromatic carbocycles. The van der Waals surface area contributed by atoms with Gasteiger partial charge >= 0.3 is 6.03 Å². The predicted molar refractivity (Wildman–Crippen MR) is 121 cm³/mol. The third kappa shape index (κ3) is 3.93. The van der Waals surface area contributed by atoms with Crippen molar-refractivity contribution in [2.75, 3.05) is 11.9 Å². The van der Waals surface area contributed by atoms with Crippen molar-refractivity contribution in [3.63, 3.8) is 0 Å². The van der Waals surface area contributed by atoms with E-state index in [1.54, 1.807) is 17.0 Å². The van der Waals surface area contributed by atoms with E-state index in [2.05, 4.69) is 26.2 Å². The molecule has 156 valence electrons. The van der Waals surface area contributed by atoms with E-state index in [0.29, 0.717) is 18.0 Å². The summed E-state index contributed by atoms with van der Waals surface area (Å²) < 4.78 is 20.1. The highest BCUT2D eigenvalue weighted by atomic mass is 79.9. The molecule has 0 bridgehead atoms. The highest BCUT2D eigenvalue weighted by Crippen LogP contribution is 2.35. The number of rotatable bonds is 3. The zero-order valence-electron chi connectivity index (χ0n) is 16.5. The molecule has 0 aliphatic carbocycles. The molecule has 5 nitrogen and oxygen atoms in total. The Morgan fingerprint density at radius 3 is 2.68 bits per heavy atom. The topological polar surface area (TPSA) is 58.4 Å². The largest absolute Gasteiger partial charge is 0.438 e. The molecule has 7 heteroatoms. The van der Waals surface area contributed by atoms with E-state index < -0.39 is 0 Å². The molecule has 0 saturated carbocycles. The highest BCUT2D eigenvalue weighted by molar-refractivity contribution is 9.10. The first-order valence-corrected chi connectivity index (χ1v) is 10.9. The summed E-state index contributed by atoms with van der Waals surface area (Å²) in [5.41, 5.74) is 3.94. The maximum atomic E-state index is 13.2. The van der Waals surface area contributed by atoms with Gasteiger partial charge in [-0.1, -0.05) is 30.3 Å². The van der Waals surface area contributed by atoms with E-state index in [-0.39, 0.29) is 17.9 Å². The van der Waals surface area contributed by atoms with E-state index >= 15 is 0 Å². The Hall–Kier alpha value is -3.19. The Morgan fingerprint density at radius 2 is 1.87 bits per heavy atom. The average Bonchev–Trinajstić information content (AvgIpc) is 3.42. The van der Waals surface area contributed by atoms with Crippen molar-refractivity contribution >= 4 is 38.7 Å². The summed E-state index contributed by atoms with van der Waals surface area (Å²) in [4.78, 5) is 19.4. The minimum Gasteiger partial charge on any atom is -0.438 e. The van der Waals surface area contributed by atoms with Crippen LogP contribution in [0.4, 0.5) is 14.9 Å². The fraction of sp³-hybridized carbons (Fsp3) is 0.167. The van der Waals surface area contributed by atoms with E-state index in [0.717, 1.165) is 39.6 Å². The zero-order valence-corrected chi connectivity index (χ0v) is 18.1. The minimum atomic E-state index is -0.268. The SMILES string of the molecule is O=C(Nc1ccccc1Br)N1CCC[C@H]1c1nc2cc(-c3ccc(F)cc3)ccc2o1.